The third kappa shape index (κ3) is 3.63. The summed E-state index contributed by atoms with van der Waals surface area (Å²) in [6.45, 7) is 3.35. The lowest BCUT2D eigenvalue weighted by Crippen LogP contribution is -2.32. The van der Waals surface area contributed by atoms with E-state index in [9.17, 15) is 9.59 Å². The Labute approximate surface area is 178 Å². The normalized spacial score (nSPS) is 16.1. The minimum Gasteiger partial charge on any atom is -0.450 e. The Morgan fingerprint density at radius 2 is 1.83 bits per heavy atom. The van der Waals surface area contributed by atoms with E-state index in [0.717, 1.165) is 28.6 Å². The van der Waals surface area contributed by atoms with Crippen molar-refractivity contribution in [1.29, 1.82) is 0 Å². The molecule has 0 aliphatic carbocycles. The third-order valence-corrected chi connectivity index (χ3v) is 5.84. The minimum absolute atomic E-state index is 0.124. The fourth-order valence-corrected chi connectivity index (χ4v) is 4.18. The summed E-state index contributed by atoms with van der Waals surface area (Å²) in [7, 11) is 4.01. The van der Waals surface area contributed by atoms with Gasteiger partial charge in [0.05, 0.1) is 17.0 Å². The van der Waals surface area contributed by atoms with Crippen LogP contribution in [-0.4, -0.2) is 42.9 Å². The zero-order valence-corrected chi connectivity index (χ0v) is 18.3. The molecule has 0 radical (unpaired) electrons. The van der Waals surface area contributed by atoms with E-state index in [0.29, 0.717) is 23.1 Å². The summed E-state index contributed by atoms with van der Waals surface area (Å²) in [4.78, 5) is 30.6. The van der Waals surface area contributed by atoms with Crippen LogP contribution < -0.4 is 5.43 Å². The zero-order chi connectivity index (χ0) is 20.7. The molecule has 2 heterocycles. The van der Waals surface area contributed by atoms with Crippen LogP contribution in [0.1, 0.15) is 39.7 Å². The van der Waals surface area contributed by atoms with Crippen LogP contribution in [0.5, 0.6) is 0 Å². The molecule has 0 saturated heterocycles. The number of fused-ring (bicyclic) bond motifs is 2. The Kier molecular flexibility index (Phi) is 5.32. The topological polar surface area (TPSA) is 53.8 Å². The Balaban J connectivity index is 1.88. The lowest BCUT2D eigenvalue weighted by atomic mass is 9.98. The van der Waals surface area contributed by atoms with E-state index in [-0.39, 0.29) is 17.1 Å². The van der Waals surface area contributed by atoms with E-state index >= 15 is 0 Å². The number of hydrogen-bond acceptors (Lipinski definition) is 4. The number of halogens is 1. The average molecular weight is 455 g/mol. The van der Waals surface area contributed by atoms with Crippen LogP contribution in [0.2, 0.25) is 0 Å². The summed E-state index contributed by atoms with van der Waals surface area (Å²) in [5.41, 5.74) is 2.67. The molecule has 0 bridgehead atoms. The number of rotatable bonds is 5. The van der Waals surface area contributed by atoms with Gasteiger partial charge < -0.3 is 14.2 Å². The van der Waals surface area contributed by atoms with Gasteiger partial charge in [0, 0.05) is 11.0 Å². The van der Waals surface area contributed by atoms with E-state index in [4.69, 9.17) is 4.42 Å². The summed E-state index contributed by atoms with van der Waals surface area (Å²) in [6, 6.07) is 12.8. The number of carbonyl (C=O) groups is 1. The Bertz CT molecular complexity index is 1140. The van der Waals surface area contributed by atoms with Crippen LogP contribution in [0.4, 0.5) is 0 Å². The summed E-state index contributed by atoms with van der Waals surface area (Å²) >= 11 is 3.46. The maximum Gasteiger partial charge on any atom is 0.290 e. The Morgan fingerprint density at radius 3 is 2.52 bits per heavy atom. The van der Waals surface area contributed by atoms with E-state index in [1.165, 1.54) is 0 Å². The van der Waals surface area contributed by atoms with Gasteiger partial charge in [0.25, 0.3) is 5.91 Å². The number of nitrogens with zero attached hydrogens (tertiary/aromatic N) is 2. The van der Waals surface area contributed by atoms with Gasteiger partial charge in [-0.3, -0.25) is 9.59 Å². The molecule has 0 saturated carbocycles. The van der Waals surface area contributed by atoms with Gasteiger partial charge in [-0.2, -0.15) is 0 Å². The summed E-state index contributed by atoms with van der Waals surface area (Å²) in [6.07, 6.45) is 0.812. The largest absolute Gasteiger partial charge is 0.450 e. The maximum absolute atomic E-state index is 13.4. The van der Waals surface area contributed by atoms with Gasteiger partial charge in [-0.15, -0.1) is 0 Å². The lowest BCUT2D eigenvalue weighted by Gasteiger charge is -2.25. The van der Waals surface area contributed by atoms with Gasteiger partial charge in [0.1, 0.15) is 5.58 Å². The maximum atomic E-state index is 13.4. The van der Waals surface area contributed by atoms with Crippen LogP contribution in [0.3, 0.4) is 0 Å². The second kappa shape index (κ2) is 7.76. The van der Waals surface area contributed by atoms with E-state index in [1.54, 1.807) is 11.0 Å². The highest BCUT2D eigenvalue weighted by molar-refractivity contribution is 9.10. The van der Waals surface area contributed by atoms with Crippen molar-refractivity contribution in [2.45, 2.75) is 19.4 Å². The fourth-order valence-electron chi connectivity index (χ4n) is 3.91. The fraction of sp³-hybridized carbons (Fsp3) is 0.304. The molecule has 1 unspecified atom stereocenters. The highest BCUT2D eigenvalue weighted by atomic mass is 79.9. The van der Waals surface area contributed by atoms with Crippen molar-refractivity contribution in [1.82, 2.24) is 9.80 Å². The molecule has 0 fully saturated rings. The molecule has 0 N–H and O–H groups in total. The first-order chi connectivity index (χ1) is 13.9. The number of hydrogen-bond donors (Lipinski definition) is 0. The van der Waals surface area contributed by atoms with Gasteiger partial charge >= 0.3 is 0 Å². The van der Waals surface area contributed by atoms with Gasteiger partial charge in [0.15, 0.2) is 5.43 Å². The molecule has 5 nitrogen and oxygen atoms in total. The SMILES string of the molecule is Cc1ccc2oc3c(c(=O)c2c1)C(c1ccc(Br)cc1)N(CCCN(C)C)C3=O. The molecule has 1 amide bonds. The molecular weight excluding hydrogens is 432 g/mol. The van der Waals surface area contributed by atoms with E-state index < -0.39 is 6.04 Å². The van der Waals surface area contributed by atoms with Gasteiger partial charge in [-0.1, -0.05) is 39.7 Å². The molecule has 6 heteroatoms. The molecule has 1 aliphatic heterocycles. The van der Waals surface area contributed by atoms with Crippen molar-refractivity contribution < 1.29 is 9.21 Å². The van der Waals surface area contributed by atoms with Crippen molar-refractivity contribution in [3.05, 3.63) is 79.6 Å². The molecule has 4 rings (SSSR count). The van der Waals surface area contributed by atoms with Crippen LogP contribution in [0.15, 0.2) is 56.1 Å². The minimum atomic E-state index is -0.436. The van der Waals surface area contributed by atoms with Crippen LogP contribution in [-0.2, 0) is 0 Å². The molecule has 3 aromatic rings. The zero-order valence-electron chi connectivity index (χ0n) is 16.7. The van der Waals surface area contributed by atoms with Crippen LogP contribution in [0, 0.1) is 6.92 Å². The Hall–Kier alpha value is -2.44. The van der Waals surface area contributed by atoms with Crippen LogP contribution >= 0.6 is 15.9 Å². The number of aryl methyl sites for hydroxylation is 1. The van der Waals surface area contributed by atoms with Gasteiger partial charge in [-0.25, -0.2) is 0 Å². The standard InChI is InChI=1S/C23H23BrN2O3/c1-14-5-10-18-17(13-14)21(27)19-20(15-6-8-16(24)9-7-15)26(12-4-11-25(2)3)23(28)22(19)29-18/h5-10,13,20H,4,11-12H2,1-3H3. The lowest BCUT2D eigenvalue weighted by molar-refractivity contribution is 0.0722. The predicted molar refractivity (Wildman–Crippen MR) is 117 cm³/mol. The number of benzene rings is 2. The van der Waals surface area contributed by atoms with E-state index in [1.807, 2.05) is 57.4 Å². The number of carbonyl (C=O) groups excluding carboxylic acids is 1. The van der Waals surface area contributed by atoms with Crippen molar-refractivity contribution in [3.63, 3.8) is 0 Å². The predicted octanol–water partition coefficient (Wildman–Crippen LogP) is 4.36. The molecule has 29 heavy (non-hydrogen) atoms. The van der Waals surface area contributed by atoms with E-state index in [2.05, 4.69) is 20.8 Å². The highest BCUT2D eigenvalue weighted by Gasteiger charge is 2.42. The highest BCUT2D eigenvalue weighted by Crippen LogP contribution is 2.38. The third-order valence-electron chi connectivity index (χ3n) is 5.31. The molecule has 1 aromatic heterocycles. The van der Waals surface area contributed by atoms with Crippen molar-refractivity contribution in [2.75, 3.05) is 27.2 Å². The first-order valence-corrected chi connectivity index (χ1v) is 10.4. The van der Waals surface area contributed by atoms with Crippen molar-refractivity contribution in [3.8, 4) is 0 Å². The van der Waals surface area contributed by atoms with Crippen LogP contribution in [0.25, 0.3) is 11.0 Å². The van der Waals surface area contributed by atoms with Gasteiger partial charge in [0.2, 0.25) is 5.76 Å². The molecular formula is C23H23BrN2O3. The van der Waals surface area contributed by atoms with Crippen molar-refractivity contribution >= 4 is 32.8 Å². The smallest absolute Gasteiger partial charge is 0.290 e. The monoisotopic (exact) mass is 454 g/mol. The quantitative estimate of drug-likeness (QED) is 0.574. The van der Waals surface area contributed by atoms with Gasteiger partial charge in [-0.05, 0) is 63.8 Å². The second-order valence-electron chi connectivity index (χ2n) is 7.78. The summed E-state index contributed by atoms with van der Waals surface area (Å²) in [5.74, 6) is -0.0459. The first kappa shape index (κ1) is 19.9. The molecule has 1 atom stereocenters. The van der Waals surface area contributed by atoms with Crippen molar-refractivity contribution in [2.24, 2.45) is 0 Å². The first-order valence-electron chi connectivity index (χ1n) is 9.65. The molecule has 150 valence electrons. The average Bonchev–Trinajstić information content (AvgIpc) is 2.95. The molecule has 2 aromatic carbocycles. The molecule has 1 aliphatic rings. The molecule has 0 spiro atoms. The summed E-state index contributed by atoms with van der Waals surface area (Å²) < 4.78 is 6.92. The number of amides is 1. The second-order valence-corrected chi connectivity index (χ2v) is 8.70. The summed E-state index contributed by atoms with van der Waals surface area (Å²) in [5, 5.41) is 0.522. The Morgan fingerprint density at radius 1 is 1.10 bits per heavy atom.